The number of aryl methyl sites for hydroxylation is 2. The van der Waals surface area contributed by atoms with Gasteiger partial charge in [0, 0.05) is 36.9 Å². The van der Waals surface area contributed by atoms with Crippen LogP contribution in [0.3, 0.4) is 0 Å². The molecular formula is C16H19N3OS. The maximum atomic E-state index is 12.8. The van der Waals surface area contributed by atoms with Gasteiger partial charge in [-0.3, -0.25) is 9.78 Å². The van der Waals surface area contributed by atoms with Gasteiger partial charge in [-0.1, -0.05) is 6.07 Å². The molecular weight excluding hydrogens is 282 g/mol. The van der Waals surface area contributed by atoms with Crippen LogP contribution in [-0.2, 0) is 0 Å². The molecule has 0 bridgehead atoms. The summed E-state index contributed by atoms with van der Waals surface area (Å²) < 4.78 is 0. The van der Waals surface area contributed by atoms with E-state index in [2.05, 4.69) is 24.1 Å². The standard InChI is InChI=1S/C16H19N3OS/c1-11-8-15(21-12(11)2)16(20)19-7-6-18-10-14(19)13-4-3-5-17-9-13/h3-5,8-9,14,18H,6-7,10H2,1-2H3. The quantitative estimate of drug-likeness (QED) is 0.927. The lowest BCUT2D eigenvalue weighted by molar-refractivity contribution is 0.0639. The number of nitrogens with zero attached hydrogens (tertiary/aromatic N) is 2. The Morgan fingerprint density at radius 1 is 1.48 bits per heavy atom. The van der Waals surface area contributed by atoms with E-state index in [1.807, 2.05) is 29.3 Å². The smallest absolute Gasteiger partial charge is 0.264 e. The number of carbonyl (C=O) groups excluding carboxylic acids is 1. The fourth-order valence-corrected chi connectivity index (χ4v) is 3.63. The number of nitrogens with one attached hydrogen (secondary N) is 1. The predicted molar refractivity (Wildman–Crippen MR) is 84.7 cm³/mol. The topological polar surface area (TPSA) is 45.2 Å². The van der Waals surface area contributed by atoms with Crippen molar-refractivity contribution in [2.75, 3.05) is 19.6 Å². The minimum atomic E-state index is 0.0580. The highest BCUT2D eigenvalue weighted by Gasteiger charge is 2.29. The molecule has 1 N–H and O–H groups in total. The van der Waals surface area contributed by atoms with Gasteiger partial charge in [0.15, 0.2) is 0 Å². The summed E-state index contributed by atoms with van der Waals surface area (Å²) in [6, 6.07) is 6.02. The summed E-state index contributed by atoms with van der Waals surface area (Å²) >= 11 is 1.59. The van der Waals surface area contributed by atoms with E-state index in [-0.39, 0.29) is 11.9 Å². The molecule has 4 nitrogen and oxygen atoms in total. The Hall–Kier alpha value is -1.72. The van der Waals surface area contributed by atoms with Gasteiger partial charge in [-0.05, 0) is 37.1 Å². The van der Waals surface area contributed by atoms with E-state index >= 15 is 0 Å². The first-order chi connectivity index (χ1) is 10.2. The zero-order valence-electron chi connectivity index (χ0n) is 12.3. The summed E-state index contributed by atoms with van der Waals surface area (Å²) in [5.74, 6) is 0.131. The first-order valence-corrected chi connectivity index (χ1v) is 7.97. The fraction of sp³-hybridized carbons (Fsp3) is 0.375. The van der Waals surface area contributed by atoms with Crippen LogP contribution in [0.2, 0.25) is 0 Å². The fourth-order valence-electron chi connectivity index (χ4n) is 2.64. The SMILES string of the molecule is Cc1cc(C(=O)N2CCNCC2c2cccnc2)sc1C. The molecule has 5 heteroatoms. The van der Waals surface area contributed by atoms with Crippen molar-refractivity contribution in [3.05, 3.63) is 51.5 Å². The van der Waals surface area contributed by atoms with Crippen molar-refractivity contribution in [1.82, 2.24) is 15.2 Å². The Kier molecular flexibility index (Phi) is 4.03. The first-order valence-electron chi connectivity index (χ1n) is 7.15. The molecule has 0 radical (unpaired) electrons. The van der Waals surface area contributed by atoms with Crippen LogP contribution in [0.4, 0.5) is 0 Å². The highest BCUT2D eigenvalue weighted by Crippen LogP contribution is 2.27. The second-order valence-corrected chi connectivity index (χ2v) is 6.61. The van der Waals surface area contributed by atoms with Crippen molar-refractivity contribution in [1.29, 1.82) is 0 Å². The molecule has 1 unspecified atom stereocenters. The molecule has 0 aliphatic carbocycles. The number of pyridine rings is 1. The Bertz CT molecular complexity index is 619. The third-order valence-corrected chi connectivity index (χ3v) is 5.09. The Morgan fingerprint density at radius 3 is 3.00 bits per heavy atom. The van der Waals surface area contributed by atoms with Crippen LogP contribution in [0.15, 0.2) is 30.6 Å². The summed E-state index contributed by atoms with van der Waals surface area (Å²) in [5.41, 5.74) is 2.28. The van der Waals surface area contributed by atoms with Crippen molar-refractivity contribution in [3.63, 3.8) is 0 Å². The largest absolute Gasteiger partial charge is 0.328 e. The van der Waals surface area contributed by atoms with Crippen LogP contribution in [0.25, 0.3) is 0 Å². The summed E-state index contributed by atoms with van der Waals surface area (Å²) in [6.07, 6.45) is 3.61. The van der Waals surface area contributed by atoms with Crippen molar-refractivity contribution in [2.24, 2.45) is 0 Å². The lowest BCUT2D eigenvalue weighted by Crippen LogP contribution is -2.48. The molecule has 110 valence electrons. The predicted octanol–water partition coefficient (Wildman–Crippen LogP) is 2.55. The maximum Gasteiger partial charge on any atom is 0.264 e. The van der Waals surface area contributed by atoms with Gasteiger partial charge >= 0.3 is 0 Å². The van der Waals surface area contributed by atoms with Gasteiger partial charge in [0.1, 0.15) is 0 Å². The number of amides is 1. The summed E-state index contributed by atoms with van der Waals surface area (Å²) in [5, 5.41) is 3.37. The third-order valence-electron chi connectivity index (χ3n) is 3.95. The highest BCUT2D eigenvalue weighted by atomic mass is 32.1. The second kappa shape index (κ2) is 5.95. The number of hydrogen-bond donors (Lipinski definition) is 1. The number of thiophene rings is 1. The minimum Gasteiger partial charge on any atom is -0.328 e. The van der Waals surface area contributed by atoms with Crippen LogP contribution in [0, 0.1) is 13.8 Å². The molecule has 0 saturated carbocycles. The highest BCUT2D eigenvalue weighted by molar-refractivity contribution is 7.14. The van der Waals surface area contributed by atoms with Gasteiger partial charge in [-0.2, -0.15) is 0 Å². The first kappa shape index (κ1) is 14.2. The van der Waals surface area contributed by atoms with Crippen LogP contribution < -0.4 is 5.32 Å². The zero-order valence-corrected chi connectivity index (χ0v) is 13.1. The van der Waals surface area contributed by atoms with Crippen molar-refractivity contribution < 1.29 is 4.79 Å². The molecule has 1 saturated heterocycles. The molecule has 21 heavy (non-hydrogen) atoms. The van der Waals surface area contributed by atoms with Crippen molar-refractivity contribution in [3.8, 4) is 0 Å². The van der Waals surface area contributed by atoms with Gasteiger partial charge < -0.3 is 10.2 Å². The van der Waals surface area contributed by atoms with E-state index in [1.54, 1.807) is 17.5 Å². The number of aromatic nitrogens is 1. The maximum absolute atomic E-state index is 12.8. The number of piperazine rings is 1. The Labute approximate surface area is 128 Å². The monoisotopic (exact) mass is 301 g/mol. The number of carbonyl (C=O) groups is 1. The molecule has 1 atom stereocenters. The molecule has 1 aliphatic rings. The average molecular weight is 301 g/mol. The molecule has 3 rings (SSSR count). The third kappa shape index (κ3) is 2.84. The minimum absolute atomic E-state index is 0.0580. The molecule has 0 spiro atoms. The number of rotatable bonds is 2. The van der Waals surface area contributed by atoms with Crippen molar-refractivity contribution >= 4 is 17.2 Å². The molecule has 1 fully saturated rings. The lowest BCUT2D eigenvalue weighted by Gasteiger charge is -2.36. The van der Waals surface area contributed by atoms with Gasteiger partial charge in [0.25, 0.3) is 5.91 Å². The molecule has 1 amide bonds. The van der Waals surface area contributed by atoms with Crippen molar-refractivity contribution in [2.45, 2.75) is 19.9 Å². The normalized spacial score (nSPS) is 18.8. The molecule has 2 aromatic heterocycles. The number of hydrogen-bond acceptors (Lipinski definition) is 4. The zero-order chi connectivity index (χ0) is 14.8. The molecule has 1 aliphatic heterocycles. The van der Waals surface area contributed by atoms with E-state index < -0.39 is 0 Å². The molecule has 3 heterocycles. The van der Waals surface area contributed by atoms with E-state index in [0.29, 0.717) is 0 Å². The van der Waals surface area contributed by atoms with Crippen LogP contribution in [0.5, 0.6) is 0 Å². The summed E-state index contributed by atoms with van der Waals surface area (Å²) in [6.45, 7) is 6.47. The lowest BCUT2D eigenvalue weighted by atomic mass is 10.1. The Morgan fingerprint density at radius 2 is 2.33 bits per heavy atom. The van der Waals surface area contributed by atoms with E-state index in [4.69, 9.17) is 0 Å². The molecule has 0 aromatic carbocycles. The Balaban J connectivity index is 1.89. The molecule has 2 aromatic rings. The summed E-state index contributed by atoms with van der Waals surface area (Å²) in [4.78, 5) is 21.0. The summed E-state index contributed by atoms with van der Waals surface area (Å²) in [7, 11) is 0. The van der Waals surface area contributed by atoms with E-state index in [0.717, 1.165) is 30.1 Å². The van der Waals surface area contributed by atoms with E-state index in [1.165, 1.54) is 10.4 Å². The van der Waals surface area contributed by atoms with Gasteiger partial charge in [0.2, 0.25) is 0 Å². The van der Waals surface area contributed by atoms with Gasteiger partial charge in [-0.25, -0.2) is 0 Å². The van der Waals surface area contributed by atoms with Crippen LogP contribution in [-0.4, -0.2) is 35.4 Å². The van der Waals surface area contributed by atoms with Crippen LogP contribution >= 0.6 is 11.3 Å². The average Bonchev–Trinajstić information content (AvgIpc) is 2.87. The van der Waals surface area contributed by atoms with Crippen LogP contribution in [0.1, 0.15) is 31.7 Å². The van der Waals surface area contributed by atoms with E-state index in [9.17, 15) is 4.79 Å². The second-order valence-electron chi connectivity index (χ2n) is 5.35. The van der Waals surface area contributed by atoms with Gasteiger partial charge in [0.05, 0.1) is 10.9 Å². The van der Waals surface area contributed by atoms with Gasteiger partial charge in [-0.15, -0.1) is 11.3 Å².